The summed E-state index contributed by atoms with van der Waals surface area (Å²) in [5.41, 5.74) is 0.991. The van der Waals surface area contributed by atoms with Crippen LogP contribution in [-0.2, 0) is 0 Å². The van der Waals surface area contributed by atoms with Crippen molar-refractivity contribution in [3.63, 3.8) is 0 Å². The first-order chi connectivity index (χ1) is 8.43. The van der Waals surface area contributed by atoms with Crippen LogP contribution in [0.5, 0.6) is 0 Å². The molecule has 0 saturated carbocycles. The van der Waals surface area contributed by atoms with E-state index in [-0.39, 0.29) is 0 Å². The Balaban J connectivity index is 1.95. The predicted octanol–water partition coefficient (Wildman–Crippen LogP) is 2.27. The van der Waals surface area contributed by atoms with Crippen molar-refractivity contribution in [1.82, 2.24) is 24.6 Å². The molecule has 84 valence electrons. The number of hydrogen-bond donors (Lipinski definition) is 0. The second-order valence-corrected chi connectivity index (χ2v) is 5.26. The highest BCUT2D eigenvalue weighted by Gasteiger charge is 2.08. The summed E-state index contributed by atoms with van der Waals surface area (Å²) in [7, 11) is 0. The lowest BCUT2D eigenvalue weighted by molar-refractivity contribution is 0.756. The quantitative estimate of drug-likeness (QED) is 0.724. The maximum atomic E-state index is 4.08. The zero-order valence-electron chi connectivity index (χ0n) is 8.59. The van der Waals surface area contributed by atoms with Crippen LogP contribution in [0.25, 0.3) is 5.69 Å². The van der Waals surface area contributed by atoms with Gasteiger partial charge in [-0.2, -0.15) is 0 Å². The first kappa shape index (κ1) is 10.4. The summed E-state index contributed by atoms with van der Waals surface area (Å²) in [6.07, 6.45) is 3.47. The van der Waals surface area contributed by atoms with E-state index in [9.17, 15) is 0 Å². The smallest absolute Gasteiger partial charge is 0.126 e. The molecule has 0 aliphatic heterocycles. The fourth-order valence-corrected chi connectivity index (χ4v) is 2.76. The Bertz CT molecular complexity index is 590. The lowest BCUT2D eigenvalue weighted by Crippen LogP contribution is -1.97. The van der Waals surface area contributed by atoms with Crippen LogP contribution < -0.4 is 0 Å². The third-order valence-corrected chi connectivity index (χ3v) is 3.79. The van der Waals surface area contributed by atoms with Gasteiger partial charge in [-0.25, -0.2) is 4.68 Å². The van der Waals surface area contributed by atoms with Crippen LogP contribution in [0.15, 0.2) is 52.0 Å². The first-order valence-corrected chi connectivity index (χ1v) is 6.44. The van der Waals surface area contributed by atoms with E-state index >= 15 is 0 Å². The predicted molar refractivity (Wildman–Crippen MR) is 65.4 cm³/mol. The summed E-state index contributed by atoms with van der Waals surface area (Å²) in [6.45, 7) is 0. The van der Waals surface area contributed by atoms with E-state index in [0.717, 1.165) is 14.9 Å². The van der Waals surface area contributed by atoms with E-state index in [4.69, 9.17) is 0 Å². The summed E-state index contributed by atoms with van der Waals surface area (Å²) >= 11 is 2.91. The molecular formula is C10H7N5S2. The molecule has 3 rings (SSSR count). The Morgan fingerprint density at radius 2 is 1.94 bits per heavy atom. The van der Waals surface area contributed by atoms with Gasteiger partial charge in [-0.3, -0.25) is 0 Å². The molecule has 0 amide bonds. The second-order valence-electron chi connectivity index (χ2n) is 3.16. The maximum Gasteiger partial charge on any atom is 0.126 e. The molecule has 0 aliphatic carbocycles. The fraction of sp³-hybridized carbons (Fsp3) is 0. The lowest BCUT2D eigenvalue weighted by Gasteiger charge is -2.03. The van der Waals surface area contributed by atoms with Crippen molar-refractivity contribution < 1.29 is 0 Å². The standard InChI is InChI=1S/C10H7N5S2/c1-2-4-8(5-3-1)15-9(6-11-13-15)16-10-7-12-14-17-10/h1-7H. The molecule has 3 aromatic rings. The van der Waals surface area contributed by atoms with Crippen LogP contribution in [0.2, 0.25) is 0 Å². The average molecular weight is 261 g/mol. The van der Waals surface area contributed by atoms with E-state index < -0.39 is 0 Å². The van der Waals surface area contributed by atoms with Crippen molar-refractivity contribution in [3.05, 3.63) is 42.7 Å². The summed E-state index contributed by atoms with van der Waals surface area (Å²) in [5.74, 6) is 0. The minimum absolute atomic E-state index is 0.947. The summed E-state index contributed by atoms with van der Waals surface area (Å²) in [4.78, 5) is 0. The van der Waals surface area contributed by atoms with Gasteiger partial charge in [0.2, 0.25) is 0 Å². The fourth-order valence-electron chi connectivity index (χ4n) is 1.35. The van der Waals surface area contributed by atoms with E-state index in [0.29, 0.717) is 0 Å². The highest BCUT2D eigenvalue weighted by molar-refractivity contribution is 8.01. The lowest BCUT2D eigenvalue weighted by atomic mass is 10.3. The molecule has 17 heavy (non-hydrogen) atoms. The van der Waals surface area contributed by atoms with Crippen molar-refractivity contribution in [2.24, 2.45) is 0 Å². The number of para-hydroxylation sites is 1. The molecule has 2 aromatic heterocycles. The molecule has 0 N–H and O–H groups in total. The SMILES string of the molecule is c1ccc(-n2nncc2Sc2cnns2)cc1. The molecule has 0 aliphatic rings. The Kier molecular flexibility index (Phi) is 2.85. The summed E-state index contributed by atoms with van der Waals surface area (Å²) in [6, 6.07) is 9.90. The van der Waals surface area contributed by atoms with Gasteiger partial charge in [0.05, 0.1) is 18.1 Å². The maximum absolute atomic E-state index is 4.08. The first-order valence-electron chi connectivity index (χ1n) is 4.85. The number of hydrogen-bond acceptors (Lipinski definition) is 6. The summed E-state index contributed by atoms with van der Waals surface area (Å²) < 4.78 is 6.64. The third-order valence-electron chi connectivity index (χ3n) is 2.07. The Morgan fingerprint density at radius 3 is 2.71 bits per heavy atom. The van der Waals surface area contributed by atoms with Crippen molar-refractivity contribution >= 4 is 23.3 Å². The van der Waals surface area contributed by atoms with Crippen LogP contribution in [0.4, 0.5) is 0 Å². The topological polar surface area (TPSA) is 56.5 Å². The van der Waals surface area contributed by atoms with Gasteiger partial charge in [0.25, 0.3) is 0 Å². The van der Waals surface area contributed by atoms with E-state index in [1.165, 1.54) is 11.5 Å². The van der Waals surface area contributed by atoms with Crippen molar-refractivity contribution in [3.8, 4) is 5.69 Å². The molecule has 0 saturated heterocycles. The van der Waals surface area contributed by atoms with Gasteiger partial charge in [-0.15, -0.1) is 10.2 Å². The van der Waals surface area contributed by atoms with Gasteiger partial charge >= 0.3 is 0 Å². The van der Waals surface area contributed by atoms with Gasteiger partial charge in [0.15, 0.2) is 0 Å². The van der Waals surface area contributed by atoms with Crippen LogP contribution in [0, 0.1) is 0 Å². The highest BCUT2D eigenvalue weighted by Crippen LogP contribution is 2.29. The van der Waals surface area contributed by atoms with Crippen molar-refractivity contribution in [2.45, 2.75) is 9.24 Å². The molecule has 0 bridgehead atoms. The van der Waals surface area contributed by atoms with Crippen LogP contribution in [-0.4, -0.2) is 24.6 Å². The molecule has 0 fully saturated rings. The second kappa shape index (κ2) is 4.64. The van der Waals surface area contributed by atoms with E-state index in [1.807, 2.05) is 30.3 Å². The van der Waals surface area contributed by atoms with Gasteiger partial charge in [-0.05, 0) is 23.7 Å². The zero-order valence-corrected chi connectivity index (χ0v) is 10.2. The zero-order chi connectivity index (χ0) is 11.5. The molecular weight excluding hydrogens is 254 g/mol. The van der Waals surface area contributed by atoms with Crippen molar-refractivity contribution in [2.75, 3.05) is 0 Å². The normalized spacial score (nSPS) is 10.6. The molecule has 5 nitrogen and oxygen atoms in total. The van der Waals surface area contributed by atoms with Gasteiger partial charge in [-0.1, -0.05) is 39.7 Å². The molecule has 0 unspecified atom stereocenters. The Labute approximate surface area is 106 Å². The van der Waals surface area contributed by atoms with Crippen molar-refractivity contribution in [1.29, 1.82) is 0 Å². The number of nitrogens with zero attached hydrogens (tertiary/aromatic N) is 5. The van der Waals surface area contributed by atoms with Crippen LogP contribution in [0.3, 0.4) is 0 Å². The Hall–Kier alpha value is -1.73. The van der Waals surface area contributed by atoms with Gasteiger partial charge < -0.3 is 0 Å². The molecule has 2 heterocycles. The van der Waals surface area contributed by atoms with E-state index in [1.54, 1.807) is 28.8 Å². The monoisotopic (exact) mass is 261 g/mol. The number of benzene rings is 1. The van der Waals surface area contributed by atoms with Gasteiger partial charge in [0, 0.05) is 0 Å². The number of rotatable bonds is 3. The Morgan fingerprint density at radius 1 is 1.06 bits per heavy atom. The van der Waals surface area contributed by atoms with Gasteiger partial charge in [0.1, 0.15) is 9.24 Å². The molecule has 7 heteroatoms. The largest absolute Gasteiger partial charge is 0.207 e. The molecule has 0 atom stereocenters. The minimum atomic E-state index is 0.947. The van der Waals surface area contributed by atoms with Crippen LogP contribution >= 0.6 is 23.3 Å². The molecule has 0 spiro atoms. The molecule has 1 aromatic carbocycles. The molecule has 0 radical (unpaired) electrons. The highest BCUT2D eigenvalue weighted by atomic mass is 32.2. The van der Waals surface area contributed by atoms with Crippen LogP contribution in [0.1, 0.15) is 0 Å². The third kappa shape index (κ3) is 2.20. The number of aromatic nitrogens is 5. The average Bonchev–Trinajstić information content (AvgIpc) is 3.02. The minimum Gasteiger partial charge on any atom is -0.207 e. The summed E-state index contributed by atoms with van der Waals surface area (Å²) in [5, 5.41) is 12.8. The van der Waals surface area contributed by atoms with E-state index in [2.05, 4.69) is 19.9 Å².